The van der Waals surface area contributed by atoms with Crippen molar-refractivity contribution in [2.45, 2.75) is 6.54 Å². The zero-order valence-corrected chi connectivity index (χ0v) is 9.02. The average Bonchev–Trinajstić information content (AvgIpc) is 2.25. The largest absolute Gasteiger partial charge is 0.479 e. The number of carbonyl (C=O) groups excluding carboxylic acids is 2. The van der Waals surface area contributed by atoms with E-state index in [2.05, 4.69) is 4.99 Å². The smallest absolute Gasteiger partial charge is 0.255 e. The summed E-state index contributed by atoms with van der Waals surface area (Å²) in [6, 6.07) is 7.13. The Labute approximate surface area is 96.9 Å². The van der Waals surface area contributed by atoms with Gasteiger partial charge < -0.3 is 0 Å². The second kappa shape index (κ2) is 4.37. The van der Waals surface area contributed by atoms with Gasteiger partial charge in [-0.15, -0.1) is 0 Å². The molecule has 0 N–H and O–H groups in total. The van der Waals surface area contributed by atoms with E-state index in [9.17, 15) is 9.59 Å². The summed E-state index contributed by atoms with van der Waals surface area (Å²) >= 11 is 5.82. The van der Waals surface area contributed by atoms with E-state index >= 15 is 0 Å². The van der Waals surface area contributed by atoms with Gasteiger partial charge in [0.15, 0.2) is 12.8 Å². The van der Waals surface area contributed by atoms with Crippen LogP contribution >= 0.6 is 11.6 Å². The van der Waals surface area contributed by atoms with Crippen molar-refractivity contribution in [1.82, 2.24) is 0 Å². The Morgan fingerprint density at radius 1 is 1.31 bits per heavy atom. The maximum atomic E-state index is 11.4. The molecule has 0 spiro atoms. The molecule has 16 heavy (non-hydrogen) atoms. The van der Waals surface area contributed by atoms with Crippen molar-refractivity contribution >= 4 is 35.8 Å². The maximum Gasteiger partial charge on any atom is 0.479 e. The van der Waals surface area contributed by atoms with Crippen LogP contribution in [0.2, 0.25) is 5.02 Å². The maximum absolute atomic E-state index is 11.4. The van der Waals surface area contributed by atoms with Crippen molar-refractivity contribution in [2.24, 2.45) is 4.99 Å². The standard InChI is InChI=1S/C11H8ClN2O2/c12-9-3-1-2-8(6-9)7-14-5-4-13-10(15)11(14)16/h1-6H,7H2/q+1. The molecule has 0 bridgehead atoms. The van der Waals surface area contributed by atoms with Gasteiger partial charge in [0.05, 0.1) is 6.21 Å². The van der Waals surface area contributed by atoms with Gasteiger partial charge in [-0.25, -0.2) is 9.79 Å². The molecule has 0 radical (unpaired) electrons. The van der Waals surface area contributed by atoms with E-state index in [0.29, 0.717) is 11.6 Å². The van der Waals surface area contributed by atoms with E-state index in [1.54, 1.807) is 18.2 Å². The number of benzene rings is 1. The van der Waals surface area contributed by atoms with Gasteiger partial charge in [-0.1, -0.05) is 23.7 Å². The Balaban J connectivity index is 2.22. The molecule has 2 amide bonds. The second-order valence-electron chi connectivity index (χ2n) is 3.30. The van der Waals surface area contributed by atoms with Crippen LogP contribution < -0.4 is 0 Å². The summed E-state index contributed by atoms with van der Waals surface area (Å²) < 4.78 is 1.31. The predicted octanol–water partition coefficient (Wildman–Crippen LogP) is 1.06. The molecule has 0 fully saturated rings. The molecule has 0 aromatic heterocycles. The zero-order valence-electron chi connectivity index (χ0n) is 8.26. The van der Waals surface area contributed by atoms with Gasteiger partial charge in [0.2, 0.25) is 0 Å². The normalized spacial score (nSPS) is 15.2. The number of halogens is 1. The molecule has 5 heteroatoms. The van der Waals surface area contributed by atoms with Crippen LogP contribution in [0.1, 0.15) is 5.56 Å². The van der Waals surface area contributed by atoms with Crippen molar-refractivity contribution in [3.8, 4) is 0 Å². The van der Waals surface area contributed by atoms with Crippen LogP contribution in [0, 0.1) is 0 Å². The number of hydrogen-bond donors (Lipinski definition) is 0. The first kappa shape index (κ1) is 10.7. The number of hydrogen-bond acceptors (Lipinski definition) is 2. The first-order valence-electron chi connectivity index (χ1n) is 4.64. The lowest BCUT2D eigenvalue weighted by molar-refractivity contribution is -0.453. The highest BCUT2D eigenvalue weighted by molar-refractivity contribution is 6.39. The highest BCUT2D eigenvalue weighted by Crippen LogP contribution is 2.11. The molecule has 0 saturated carbocycles. The molecule has 80 valence electrons. The van der Waals surface area contributed by atoms with Gasteiger partial charge in [-0.05, 0) is 12.1 Å². The highest BCUT2D eigenvalue weighted by Gasteiger charge is 2.28. The van der Waals surface area contributed by atoms with Gasteiger partial charge in [0.25, 0.3) is 0 Å². The summed E-state index contributed by atoms with van der Waals surface area (Å²) in [5, 5.41) is 0.599. The second-order valence-corrected chi connectivity index (χ2v) is 3.73. The van der Waals surface area contributed by atoms with Crippen molar-refractivity contribution < 1.29 is 14.2 Å². The summed E-state index contributed by atoms with van der Waals surface area (Å²) in [6.45, 7) is 0.317. The predicted molar refractivity (Wildman–Crippen MR) is 60.0 cm³/mol. The molecule has 2 rings (SSSR count). The lowest BCUT2D eigenvalue weighted by atomic mass is 10.2. The van der Waals surface area contributed by atoms with Crippen LogP contribution in [0.25, 0.3) is 0 Å². The highest BCUT2D eigenvalue weighted by atomic mass is 35.5. The summed E-state index contributed by atoms with van der Waals surface area (Å²) in [5.41, 5.74) is 0.861. The molecule has 1 heterocycles. The molecule has 0 atom stereocenters. The summed E-state index contributed by atoms with van der Waals surface area (Å²) in [5.74, 6) is -1.37. The van der Waals surface area contributed by atoms with Crippen molar-refractivity contribution in [1.29, 1.82) is 0 Å². The number of rotatable bonds is 2. The van der Waals surface area contributed by atoms with Gasteiger partial charge >= 0.3 is 11.8 Å². The first-order valence-corrected chi connectivity index (χ1v) is 5.01. The number of aliphatic imine (C=N–C) groups is 1. The fraction of sp³-hybridized carbons (Fsp3) is 0.0909. The third-order valence-electron chi connectivity index (χ3n) is 2.12. The average molecular weight is 236 g/mol. The number of carbonyl (C=O) groups is 2. The lowest BCUT2D eigenvalue weighted by Gasteiger charge is -2.01. The first-order chi connectivity index (χ1) is 7.66. The molecule has 1 aromatic rings. The van der Waals surface area contributed by atoms with E-state index in [1.165, 1.54) is 17.0 Å². The van der Waals surface area contributed by atoms with Crippen molar-refractivity contribution in [3.05, 3.63) is 34.9 Å². The van der Waals surface area contributed by atoms with Gasteiger partial charge in [0.1, 0.15) is 0 Å². The Hall–Kier alpha value is -1.81. The molecule has 1 aliphatic rings. The minimum atomic E-state index is -0.746. The van der Waals surface area contributed by atoms with Crippen LogP contribution in [0.4, 0.5) is 0 Å². The summed E-state index contributed by atoms with van der Waals surface area (Å²) in [6.07, 6.45) is 2.79. The number of nitrogens with zero attached hydrogens (tertiary/aromatic N) is 2. The fourth-order valence-corrected chi connectivity index (χ4v) is 1.60. The zero-order chi connectivity index (χ0) is 11.5. The Kier molecular flexibility index (Phi) is 2.92. The fourth-order valence-electron chi connectivity index (χ4n) is 1.38. The minimum Gasteiger partial charge on any atom is -0.255 e. The summed E-state index contributed by atoms with van der Waals surface area (Å²) in [7, 11) is 0. The minimum absolute atomic E-state index is 0.317. The van der Waals surface area contributed by atoms with E-state index in [0.717, 1.165) is 5.56 Å². The van der Waals surface area contributed by atoms with Crippen LogP contribution in [0.5, 0.6) is 0 Å². The molecular formula is C11H8ClN2O2+. The molecular weight excluding hydrogens is 228 g/mol. The molecule has 0 saturated heterocycles. The Morgan fingerprint density at radius 3 is 2.88 bits per heavy atom. The lowest BCUT2D eigenvalue weighted by Crippen LogP contribution is -2.31. The van der Waals surface area contributed by atoms with Crippen LogP contribution in [0.3, 0.4) is 0 Å². The van der Waals surface area contributed by atoms with E-state index in [-0.39, 0.29) is 0 Å². The van der Waals surface area contributed by atoms with Crippen LogP contribution in [-0.2, 0) is 16.1 Å². The molecule has 1 aromatic carbocycles. The molecule has 0 aliphatic carbocycles. The topological polar surface area (TPSA) is 49.5 Å². The Bertz CT molecular complexity index is 520. The van der Waals surface area contributed by atoms with Gasteiger partial charge in [-0.2, -0.15) is 4.58 Å². The van der Waals surface area contributed by atoms with Crippen molar-refractivity contribution in [2.75, 3.05) is 0 Å². The molecule has 1 aliphatic heterocycles. The Morgan fingerprint density at radius 2 is 2.12 bits per heavy atom. The molecule has 4 nitrogen and oxygen atoms in total. The van der Waals surface area contributed by atoms with Gasteiger partial charge in [-0.3, -0.25) is 4.79 Å². The summed E-state index contributed by atoms with van der Waals surface area (Å²) in [4.78, 5) is 25.8. The number of amides is 2. The van der Waals surface area contributed by atoms with Crippen LogP contribution in [-0.4, -0.2) is 28.8 Å². The SMILES string of the molecule is O=C1N=CC=[N+](Cc2cccc(Cl)c2)C1=O. The van der Waals surface area contributed by atoms with E-state index in [1.807, 2.05) is 6.07 Å². The molecule has 0 unspecified atom stereocenters. The van der Waals surface area contributed by atoms with E-state index < -0.39 is 11.8 Å². The third kappa shape index (κ3) is 2.23. The van der Waals surface area contributed by atoms with Crippen LogP contribution in [0.15, 0.2) is 29.3 Å². The van der Waals surface area contributed by atoms with E-state index in [4.69, 9.17) is 11.6 Å². The monoisotopic (exact) mass is 235 g/mol. The van der Waals surface area contributed by atoms with Crippen molar-refractivity contribution in [3.63, 3.8) is 0 Å². The quantitative estimate of drug-likeness (QED) is 0.569. The van der Waals surface area contributed by atoms with Gasteiger partial charge in [0, 0.05) is 10.6 Å². The third-order valence-corrected chi connectivity index (χ3v) is 2.36.